The Morgan fingerprint density at radius 3 is 2.53 bits per heavy atom. The molecule has 0 aliphatic rings. The molecule has 0 unspecified atom stereocenters. The van der Waals surface area contributed by atoms with Gasteiger partial charge in [-0.05, 0) is 49.7 Å². The number of amides is 1. The summed E-state index contributed by atoms with van der Waals surface area (Å²) in [5, 5.41) is 0.982. The van der Waals surface area contributed by atoms with Crippen molar-refractivity contribution in [2.24, 2.45) is 4.99 Å². The number of sulfone groups is 1. The smallest absolute Gasteiger partial charge is 0.248 e. The van der Waals surface area contributed by atoms with E-state index in [1.165, 1.54) is 23.5 Å². The van der Waals surface area contributed by atoms with Crippen LogP contribution in [0.25, 0.3) is 10.2 Å². The quantitative estimate of drug-likeness (QED) is 0.299. The van der Waals surface area contributed by atoms with Crippen molar-refractivity contribution in [3.05, 3.63) is 57.1 Å². The number of rotatable bonds is 9. The van der Waals surface area contributed by atoms with Crippen molar-refractivity contribution in [3.63, 3.8) is 0 Å². The van der Waals surface area contributed by atoms with Crippen molar-refractivity contribution >= 4 is 60.5 Å². The minimum atomic E-state index is -3.62. The van der Waals surface area contributed by atoms with Gasteiger partial charge in [0, 0.05) is 19.6 Å². The zero-order valence-electron chi connectivity index (χ0n) is 17.2. The van der Waals surface area contributed by atoms with E-state index < -0.39 is 21.6 Å². The first-order chi connectivity index (χ1) is 15.2. The van der Waals surface area contributed by atoms with Gasteiger partial charge in [0.2, 0.25) is 5.91 Å². The first-order valence-corrected chi connectivity index (χ1v) is 13.1. The van der Waals surface area contributed by atoms with E-state index in [4.69, 9.17) is 27.9 Å². The Bertz CT molecular complexity index is 1290. The van der Waals surface area contributed by atoms with Crippen LogP contribution in [0.1, 0.15) is 19.8 Å². The van der Waals surface area contributed by atoms with E-state index in [1.807, 2.05) is 6.92 Å². The van der Waals surface area contributed by atoms with Crippen LogP contribution in [0, 0.1) is 5.82 Å². The molecule has 0 spiro atoms. The molecule has 0 saturated heterocycles. The lowest BCUT2D eigenvalue weighted by atomic mass is 10.3. The largest absolute Gasteiger partial charge is 0.380 e. The highest BCUT2D eigenvalue weighted by Gasteiger charge is 2.16. The molecule has 0 N–H and O–H groups in total. The fraction of sp³-hybridized carbons (Fsp3) is 0.333. The Morgan fingerprint density at radius 2 is 1.84 bits per heavy atom. The van der Waals surface area contributed by atoms with Gasteiger partial charge in [-0.3, -0.25) is 4.79 Å². The van der Waals surface area contributed by atoms with Crippen LogP contribution in [-0.2, 0) is 25.9 Å². The summed E-state index contributed by atoms with van der Waals surface area (Å²) in [6.07, 6.45) is 0.0367. The number of carbonyl (C=O) groups excluding carboxylic acids is 1. The highest BCUT2D eigenvalue weighted by molar-refractivity contribution is 7.91. The van der Waals surface area contributed by atoms with Crippen LogP contribution < -0.4 is 4.80 Å². The molecule has 32 heavy (non-hydrogen) atoms. The van der Waals surface area contributed by atoms with Gasteiger partial charge in [0.25, 0.3) is 0 Å². The van der Waals surface area contributed by atoms with E-state index in [2.05, 4.69) is 4.99 Å². The normalized spacial score (nSPS) is 12.6. The number of halogens is 3. The maximum Gasteiger partial charge on any atom is 0.248 e. The highest BCUT2D eigenvalue weighted by Crippen LogP contribution is 2.31. The first kappa shape index (κ1) is 24.9. The molecule has 0 saturated carbocycles. The van der Waals surface area contributed by atoms with Crippen LogP contribution in [0.4, 0.5) is 4.39 Å². The van der Waals surface area contributed by atoms with Gasteiger partial charge in [0.1, 0.15) is 5.82 Å². The van der Waals surface area contributed by atoms with Gasteiger partial charge >= 0.3 is 0 Å². The number of carbonyl (C=O) groups is 1. The van der Waals surface area contributed by atoms with E-state index >= 15 is 0 Å². The third kappa shape index (κ3) is 5.96. The number of thiazole rings is 1. The summed E-state index contributed by atoms with van der Waals surface area (Å²) in [4.78, 5) is 17.1. The predicted octanol–water partition coefficient (Wildman–Crippen LogP) is 4.87. The average molecular weight is 519 g/mol. The number of ether oxygens (including phenoxy) is 1. The van der Waals surface area contributed by atoms with Crippen molar-refractivity contribution in [2.75, 3.05) is 19.0 Å². The van der Waals surface area contributed by atoms with Gasteiger partial charge in [0.15, 0.2) is 14.6 Å². The van der Waals surface area contributed by atoms with Gasteiger partial charge in [-0.15, -0.1) is 0 Å². The third-order valence-corrected chi connectivity index (χ3v) is 8.25. The predicted molar refractivity (Wildman–Crippen MR) is 125 cm³/mol. The number of nitrogens with zero attached hydrogens (tertiary/aromatic N) is 2. The van der Waals surface area contributed by atoms with Crippen LogP contribution in [0.2, 0.25) is 10.0 Å². The summed E-state index contributed by atoms with van der Waals surface area (Å²) >= 11 is 13.9. The summed E-state index contributed by atoms with van der Waals surface area (Å²) in [5.41, 5.74) is 0.675. The van der Waals surface area contributed by atoms with Crippen LogP contribution in [0.15, 0.2) is 46.3 Å². The molecule has 6 nitrogen and oxygen atoms in total. The van der Waals surface area contributed by atoms with E-state index in [1.54, 1.807) is 16.7 Å². The summed E-state index contributed by atoms with van der Waals surface area (Å²) in [6.45, 7) is 3.27. The second kappa shape index (κ2) is 10.9. The number of fused-ring (bicyclic) bond motifs is 1. The van der Waals surface area contributed by atoms with Gasteiger partial charge in [-0.1, -0.05) is 34.5 Å². The lowest BCUT2D eigenvalue weighted by Gasteiger charge is -2.07. The maximum atomic E-state index is 13.0. The second-order valence-corrected chi connectivity index (χ2v) is 10.7. The van der Waals surface area contributed by atoms with Gasteiger partial charge in [0.05, 0.1) is 37.5 Å². The second-order valence-electron chi connectivity index (χ2n) is 6.82. The Balaban J connectivity index is 1.79. The summed E-state index contributed by atoms with van der Waals surface area (Å²) in [5.74, 6) is -1.21. The Hall–Kier alpha value is -1.78. The van der Waals surface area contributed by atoms with E-state index in [0.717, 1.165) is 12.1 Å². The van der Waals surface area contributed by atoms with Crippen LogP contribution >= 0.6 is 34.5 Å². The monoisotopic (exact) mass is 518 g/mol. The molecule has 1 aromatic heterocycles. The molecule has 1 amide bonds. The standard InChI is InChI=1S/C21H21Cl2FN2O4S2/c1-2-30-12-11-26-19-16(22)9-10-17(23)20(19)31-21(26)25-18(27)4-3-13-32(28,29)15-7-5-14(24)6-8-15/h5-10H,2-4,11-13H2,1H3. The molecule has 0 bridgehead atoms. The third-order valence-electron chi connectivity index (χ3n) is 4.59. The molecule has 2 aromatic carbocycles. The highest BCUT2D eigenvalue weighted by atomic mass is 35.5. The number of hydrogen-bond donors (Lipinski definition) is 0. The zero-order valence-corrected chi connectivity index (χ0v) is 20.3. The molecule has 0 radical (unpaired) electrons. The lowest BCUT2D eigenvalue weighted by Crippen LogP contribution is -2.20. The molecular weight excluding hydrogens is 498 g/mol. The lowest BCUT2D eigenvalue weighted by molar-refractivity contribution is -0.118. The molecule has 3 aromatic rings. The fourth-order valence-electron chi connectivity index (χ4n) is 3.04. The van der Waals surface area contributed by atoms with Crippen molar-refractivity contribution in [1.29, 1.82) is 0 Å². The Labute approximate surface area is 199 Å². The maximum absolute atomic E-state index is 13.0. The van der Waals surface area contributed by atoms with Crippen molar-refractivity contribution in [2.45, 2.75) is 31.2 Å². The van der Waals surface area contributed by atoms with Gasteiger partial charge < -0.3 is 9.30 Å². The summed E-state index contributed by atoms with van der Waals surface area (Å²) in [7, 11) is -3.62. The van der Waals surface area contributed by atoms with Gasteiger partial charge in [-0.25, -0.2) is 12.8 Å². The molecule has 0 aliphatic heterocycles. The number of hydrogen-bond acceptors (Lipinski definition) is 5. The molecule has 0 aliphatic carbocycles. The summed E-state index contributed by atoms with van der Waals surface area (Å²) < 4.78 is 45.7. The molecular formula is C21H21Cl2FN2O4S2. The summed E-state index contributed by atoms with van der Waals surface area (Å²) in [6, 6.07) is 7.97. The van der Waals surface area contributed by atoms with Crippen LogP contribution in [0.3, 0.4) is 0 Å². The van der Waals surface area contributed by atoms with Crippen molar-refractivity contribution < 1.29 is 22.3 Å². The number of benzene rings is 2. The van der Waals surface area contributed by atoms with Crippen molar-refractivity contribution in [3.8, 4) is 0 Å². The SMILES string of the molecule is CCOCCn1c(=NC(=O)CCCS(=O)(=O)c2ccc(F)cc2)sc2c(Cl)ccc(Cl)c21. The Morgan fingerprint density at radius 1 is 1.16 bits per heavy atom. The van der Waals surface area contributed by atoms with E-state index in [-0.39, 0.29) is 23.5 Å². The fourth-order valence-corrected chi connectivity index (χ4v) is 6.04. The van der Waals surface area contributed by atoms with E-state index in [9.17, 15) is 17.6 Å². The van der Waals surface area contributed by atoms with E-state index in [0.29, 0.717) is 44.8 Å². The van der Waals surface area contributed by atoms with Crippen LogP contribution in [-0.4, -0.2) is 37.9 Å². The van der Waals surface area contributed by atoms with Crippen molar-refractivity contribution in [1.82, 2.24) is 4.57 Å². The molecule has 0 atom stereocenters. The topological polar surface area (TPSA) is 77.7 Å². The van der Waals surface area contributed by atoms with Gasteiger partial charge in [-0.2, -0.15) is 4.99 Å². The minimum absolute atomic E-state index is 0.0193. The Kier molecular flexibility index (Phi) is 8.46. The zero-order chi connectivity index (χ0) is 23.3. The molecule has 3 rings (SSSR count). The first-order valence-electron chi connectivity index (χ1n) is 9.84. The minimum Gasteiger partial charge on any atom is -0.380 e. The molecule has 1 heterocycles. The molecule has 11 heteroatoms. The van der Waals surface area contributed by atoms with Crippen LogP contribution in [0.5, 0.6) is 0 Å². The molecule has 172 valence electrons. The number of aromatic nitrogens is 1. The molecule has 0 fully saturated rings. The average Bonchev–Trinajstić information content (AvgIpc) is 3.10.